The summed E-state index contributed by atoms with van der Waals surface area (Å²) >= 11 is 3.37. The number of aromatic nitrogens is 5. The molecular weight excluding hydrogens is 484 g/mol. The Labute approximate surface area is 199 Å². The molecule has 0 radical (unpaired) electrons. The molecule has 0 saturated carbocycles. The fourth-order valence-corrected chi connectivity index (χ4v) is 4.07. The van der Waals surface area contributed by atoms with Crippen molar-refractivity contribution in [1.82, 2.24) is 35.4 Å². The van der Waals surface area contributed by atoms with E-state index < -0.39 is 0 Å². The van der Waals surface area contributed by atoms with E-state index in [1.165, 1.54) is 11.9 Å². The maximum absolute atomic E-state index is 12.8. The Morgan fingerprint density at radius 1 is 1.18 bits per heavy atom. The fraction of sp³-hybridized carbons (Fsp3) is 0.261. The van der Waals surface area contributed by atoms with Gasteiger partial charge in [0.2, 0.25) is 5.91 Å². The van der Waals surface area contributed by atoms with Crippen molar-refractivity contribution in [2.24, 2.45) is 0 Å². The minimum Gasteiger partial charge on any atom is -0.353 e. The first-order valence-corrected chi connectivity index (χ1v) is 11.5. The van der Waals surface area contributed by atoms with E-state index in [1.807, 2.05) is 35.1 Å². The van der Waals surface area contributed by atoms with Crippen LogP contribution in [0.15, 0.2) is 59.6 Å². The van der Waals surface area contributed by atoms with Gasteiger partial charge in [0.1, 0.15) is 18.2 Å². The number of piperazine rings is 1. The standard InChI is InChI=1S/C23H23BrN8O/c1-15-2-6-18(7-3-15)32-12-19-21(30-32)28-14-29-22(19)31-9-8-25-20(13-31)23(33)27-11-17-5-4-16(24)10-26-17/h2-7,10,12,14,20,25H,8-9,11,13H2,1H3,(H,27,33). The monoisotopic (exact) mass is 506 g/mol. The molecule has 1 aliphatic rings. The second kappa shape index (κ2) is 9.24. The number of pyridine rings is 1. The molecule has 3 aromatic heterocycles. The number of fused-ring (bicyclic) bond motifs is 1. The summed E-state index contributed by atoms with van der Waals surface area (Å²) in [5, 5.41) is 11.8. The Bertz CT molecular complexity index is 1270. The summed E-state index contributed by atoms with van der Waals surface area (Å²) in [5.74, 6) is 0.720. The van der Waals surface area contributed by atoms with Gasteiger partial charge in [0.15, 0.2) is 5.65 Å². The number of hydrogen-bond donors (Lipinski definition) is 2. The van der Waals surface area contributed by atoms with E-state index in [9.17, 15) is 4.79 Å². The number of carbonyl (C=O) groups is 1. The van der Waals surface area contributed by atoms with E-state index in [0.29, 0.717) is 25.3 Å². The third-order valence-corrected chi connectivity index (χ3v) is 6.09. The Balaban J connectivity index is 1.32. The van der Waals surface area contributed by atoms with Crippen LogP contribution in [0.1, 0.15) is 11.3 Å². The van der Waals surface area contributed by atoms with Gasteiger partial charge in [0, 0.05) is 36.5 Å². The number of aryl methyl sites for hydroxylation is 1. The van der Waals surface area contributed by atoms with Gasteiger partial charge >= 0.3 is 0 Å². The summed E-state index contributed by atoms with van der Waals surface area (Å²) in [4.78, 5) is 28.1. The van der Waals surface area contributed by atoms with Crippen LogP contribution in [0.2, 0.25) is 0 Å². The number of hydrogen-bond acceptors (Lipinski definition) is 7. The van der Waals surface area contributed by atoms with Crippen molar-refractivity contribution in [3.05, 3.63) is 70.8 Å². The average molecular weight is 507 g/mol. The van der Waals surface area contributed by atoms with E-state index in [4.69, 9.17) is 0 Å². The Hall–Kier alpha value is -3.37. The van der Waals surface area contributed by atoms with Gasteiger partial charge in [-0.25, -0.2) is 14.6 Å². The Kier molecular flexibility index (Phi) is 6.01. The summed E-state index contributed by atoms with van der Waals surface area (Å²) in [7, 11) is 0. The molecule has 1 atom stereocenters. The van der Waals surface area contributed by atoms with Gasteiger partial charge in [-0.15, -0.1) is 5.10 Å². The molecule has 0 aliphatic carbocycles. The molecule has 9 nitrogen and oxygen atoms in total. The quantitative estimate of drug-likeness (QED) is 0.428. The van der Waals surface area contributed by atoms with Gasteiger partial charge in [0.25, 0.3) is 0 Å². The van der Waals surface area contributed by atoms with Gasteiger partial charge in [-0.05, 0) is 47.1 Å². The van der Waals surface area contributed by atoms with Crippen LogP contribution in [-0.4, -0.2) is 56.3 Å². The molecule has 10 heteroatoms. The van der Waals surface area contributed by atoms with Crippen molar-refractivity contribution >= 4 is 38.7 Å². The number of benzene rings is 1. The number of halogens is 1. The molecule has 2 N–H and O–H groups in total. The highest BCUT2D eigenvalue weighted by atomic mass is 79.9. The Morgan fingerprint density at radius 2 is 2.03 bits per heavy atom. The zero-order chi connectivity index (χ0) is 22.8. The molecule has 4 heterocycles. The summed E-state index contributed by atoms with van der Waals surface area (Å²) in [6, 6.07) is 11.6. The predicted octanol–water partition coefficient (Wildman–Crippen LogP) is 2.38. The zero-order valence-corrected chi connectivity index (χ0v) is 19.7. The molecule has 168 valence electrons. The lowest BCUT2D eigenvalue weighted by Gasteiger charge is -2.33. The third kappa shape index (κ3) is 4.71. The maximum Gasteiger partial charge on any atom is 0.239 e. The largest absolute Gasteiger partial charge is 0.353 e. The van der Waals surface area contributed by atoms with Gasteiger partial charge in [-0.1, -0.05) is 17.7 Å². The molecule has 1 unspecified atom stereocenters. The van der Waals surface area contributed by atoms with Crippen LogP contribution < -0.4 is 15.5 Å². The van der Waals surface area contributed by atoms with Crippen LogP contribution in [0, 0.1) is 6.92 Å². The van der Waals surface area contributed by atoms with Crippen molar-refractivity contribution in [2.45, 2.75) is 19.5 Å². The summed E-state index contributed by atoms with van der Waals surface area (Å²) in [6.07, 6.45) is 5.20. The predicted molar refractivity (Wildman–Crippen MR) is 129 cm³/mol. The van der Waals surface area contributed by atoms with Crippen molar-refractivity contribution < 1.29 is 4.79 Å². The lowest BCUT2D eigenvalue weighted by Crippen LogP contribution is -2.57. The molecule has 1 aromatic carbocycles. The molecule has 1 saturated heterocycles. The van der Waals surface area contributed by atoms with Crippen molar-refractivity contribution in [3.63, 3.8) is 0 Å². The molecule has 33 heavy (non-hydrogen) atoms. The van der Waals surface area contributed by atoms with Gasteiger partial charge < -0.3 is 15.5 Å². The second-order valence-electron chi connectivity index (χ2n) is 7.98. The van der Waals surface area contributed by atoms with Crippen molar-refractivity contribution in [3.8, 4) is 5.69 Å². The van der Waals surface area contributed by atoms with Crippen LogP contribution >= 0.6 is 15.9 Å². The summed E-state index contributed by atoms with van der Waals surface area (Å²) in [6.45, 7) is 4.35. The highest BCUT2D eigenvalue weighted by Crippen LogP contribution is 2.24. The molecule has 0 spiro atoms. The van der Waals surface area contributed by atoms with E-state index in [-0.39, 0.29) is 11.9 Å². The number of rotatable bonds is 5. The lowest BCUT2D eigenvalue weighted by molar-refractivity contribution is -0.123. The van der Waals surface area contributed by atoms with E-state index in [0.717, 1.165) is 33.6 Å². The van der Waals surface area contributed by atoms with Crippen LogP contribution in [0.25, 0.3) is 16.7 Å². The highest BCUT2D eigenvalue weighted by Gasteiger charge is 2.27. The fourth-order valence-electron chi connectivity index (χ4n) is 3.84. The lowest BCUT2D eigenvalue weighted by atomic mass is 10.2. The molecule has 4 aromatic rings. The topological polar surface area (TPSA) is 101 Å². The normalized spacial score (nSPS) is 16.2. The number of nitrogens with one attached hydrogen (secondary N) is 2. The highest BCUT2D eigenvalue weighted by molar-refractivity contribution is 9.10. The minimum atomic E-state index is -0.355. The number of anilines is 1. The second-order valence-corrected chi connectivity index (χ2v) is 8.90. The zero-order valence-electron chi connectivity index (χ0n) is 18.1. The van der Waals surface area contributed by atoms with Crippen LogP contribution in [0.5, 0.6) is 0 Å². The molecule has 1 aliphatic heterocycles. The first-order chi connectivity index (χ1) is 16.1. The smallest absolute Gasteiger partial charge is 0.239 e. The molecule has 0 bridgehead atoms. The maximum atomic E-state index is 12.8. The molecular formula is C23H23BrN8O. The first kappa shape index (κ1) is 21.5. The van der Waals surface area contributed by atoms with Gasteiger partial charge in [-0.3, -0.25) is 9.78 Å². The minimum absolute atomic E-state index is 0.0648. The first-order valence-electron chi connectivity index (χ1n) is 10.7. The number of carbonyl (C=O) groups excluding carboxylic acids is 1. The van der Waals surface area contributed by atoms with Crippen LogP contribution in [-0.2, 0) is 11.3 Å². The Morgan fingerprint density at radius 3 is 2.82 bits per heavy atom. The van der Waals surface area contributed by atoms with Crippen molar-refractivity contribution in [1.29, 1.82) is 0 Å². The third-order valence-electron chi connectivity index (χ3n) is 5.62. The van der Waals surface area contributed by atoms with E-state index in [2.05, 4.69) is 70.6 Å². The van der Waals surface area contributed by atoms with Crippen LogP contribution in [0.3, 0.4) is 0 Å². The SMILES string of the molecule is Cc1ccc(-n2cc3c(N4CCNC(C(=O)NCc5ccc(Br)cn5)C4)ncnc3n2)cc1. The number of amides is 1. The summed E-state index contributed by atoms with van der Waals surface area (Å²) < 4.78 is 2.73. The van der Waals surface area contributed by atoms with Gasteiger partial charge in [0.05, 0.1) is 23.3 Å². The van der Waals surface area contributed by atoms with E-state index >= 15 is 0 Å². The number of nitrogens with zero attached hydrogens (tertiary/aromatic N) is 6. The molecule has 5 rings (SSSR count). The van der Waals surface area contributed by atoms with Crippen LogP contribution in [0.4, 0.5) is 5.82 Å². The van der Waals surface area contributed by atoms with Crippen molar-refractivity contribution in [2.75, 3.05) is 24.5 Å². The van der Waals surface area contributed by atoms with Gasteiger partial charge in [-0.2, -0.15) is 0 Å². The summed E-state index contributed by atoms with van der Waals surface area (Å²) in [5.41, 5.74) is 3.59. The molecule has 1 amide bonds. The van der Waals surface area contributed by atoms with E-state index in [1.54, 1.807) is 6.20 Å². The molecule has 1 fully saturated rings. The average Bonchev–Trinajstić information content (AvgIpc) is 3.28.